The number of hydrogen-bond donors (Lipinski definition) is 0. The molecular weight excluding hydrogens is 456 g/mol. The Balaban J connectivity index is 1.54. The average Bonchev–Trinajstić information content (AvgIpc) is 3.27. The first-order valence-electron chi connectivity index (χ1n) is 11.5. The van der Waals surface area contributed by atoms with Crippen LogP contribution in [0.5, 0.6) is 5.75 Å². The van der Waals surface area contributed by atoms with Gasteiger partial charge in [0.05, 0.1) is 12.7 Å². The molecule has 2 heterocycles. The molecule has 2 aromatic rings. The molecular formula is C25H30N2O6S. The lowest BCUT2D eigenvalue weighted by molar-refractivity contribution is -0.126. The minimum atomic E-state index is -3.88. The molecule has 0 radical (unpaired) electrons. The third-order valence-electron chi connectivity index (χ3n) is 6.51. The first kappa shape index (κ1) is 24.2. The van der Waals surface area contributed by atoms with E-state index in [0.717, 1.165) is 36.9 Å². The minimum Gasteiger partial charge on any atom is -0.495 e. The molecule has 0 saturated carbocycles. The molecule has 4 rings (SSSR count). The van der Waals surface area contributed by atoms with Crippen LogP contribution in [0, 0.1) is 0 Å². The number of anilines is 1. The highest BCUT2D eigenvalue weighted by atomic mass is 32.2. The highest BCUT2D eigenvalue weighted by Gasteiger charge is 2.34. The number of nitrogens with zero attached hydrogens (tertiary/aromatic N) is 2. The molecule has 34 heavy (non-hydrogen) atoms. The fourth-order valence-electron chi connectivity index (χ4n) is 4.63. The standard InChI is InChI=1S/C25H30N2O6S/c1-17-8-6-7-14-27(17)34(30,31)23-16-20(11-12-22(23)32-3)25(29)33-18(2)24(28)26-15-13-19-9-4-5-10-21(19)26/h4-5,9-12,16-18H,6-8,13-15H2,1-3H3/t17-,18-/m0/s1. The molecule has 0 bridgehead atoms. The summed E-state index contributed by atoms with van der Waals surface area (Å²) >= 11 is 0. The van der Waals surface area contributed by atoms with Crippen molar-refractivity contribution in [2.45, 2.75) is 56.6 Å². The van der Waals surface area contributed by atoms with E-state index < -0.39 is 22.1 Å². The fourth-order valence-corrected chi connectivity index (χ4v) is 6.51. The van der Waals surface area contributed by atoms with Crippen LogP contribution in [0.4, 0.5) is 5.69 Å². The third-order valence-corrected chi connectivity index (χ3v) is 8.55. The molecule has 182 valence electrons. The number of fused-ring (bicyclic) bond motifs is 1. The molecule has 2 aliphatic heterocycles. The lowest BCUT2D eigenvalue weighted by Crippen LogP contribution is -2.42. The summed E-state index contributed by atoms with van der Waals surface area (Å²) in [6.07, 6.45) is 2.26. The Hall–Kier alpha value is -2.91. The van der Waals surface area contributed by atoms with Gasteiger partial charge in [-0.3, -0.25) is 4.79 Å². The number of benzene rings is 2. The molecule has 0 N–H and O–H groups in total. The van der Waals surface area contributed by atoms with Crippen molar-refractivity contribution in [3.63, 3.8) is 0 Å². The van der Waals surface area contributed by atoms with Gasteiger partial charge in [-0.05, 0) is 62.9 Å². The smallest absolute Gasteiger partial charge is 0.338 e. The summed E-state index contributed by atoms with van der Waals surface area (Å²) in [5, 5.41) is 0. The van der Waals surface area contributed by atoms with Crippen molar-refractivity contribution < 1.29 is 27.5 Å². The summed E-state index contributed by atoms with van der Waals surface area (Å²) in [6, 6.07) is 11.7. The molecule has 9 heteroatoms. The molecule has 0 aliphatic carbocycles. The van der Waals surface area contributed by atoms with Crippen LogP contribution in [-0.4, -0.2) is 56.9 Å². The normalized spacial score (nSPS) is 19.4. The summed E-state index contributed by atoms with van der Waals surface area (Å²) in [6.45, 7) is 4.35. The monoisotopic (exact) mass is 486 g/mol. The van der Waals surface area contributed by atoms with E-state index in [1.54, 1.807) is 4.90 Å². The third kappa shape index (κ3) is 4.54. The molecule has 1 fully saturated rings. The molecule has 0 unspecified atom stereocenters. The SMILES string of the molecule is COc1ccc(C(=O)O[C@@H](C)C(=O)N2CCc3ccccc32)cc1S(=O)(=O)N1CCCC[C@@H]1C. The van der Waals surface area contributed by atoms with E-state index in [-0.39, 0.29) is 28.2 Å². The Morgan fingerprint density at radius 2 is 1.85 bits per heavy atom. The van der Waals surface area contributed by atoms with Crippen molar-refractivity contribution in [1.29, 1.82) is 0 Å². The molecule has 2 atom stereocenters. The van der Waals surface area contributed by atoms with Crippen molar-refractivity contribution in [3.8, 4) is 5.75 Å². The number of sulfonamides is 1. The zero-order valence-electron chi connectivity index (χ0n) is 19.7. The second-order valence-electron chi connectivity index (χ2n) is 8.74. The van der Waals surface area contributed by atoms with Gasteiger partial charge in [0.2, 0.25) is 10.0 Å². The van der Waals surface area contributed by atoms with Crippen LogP contribution >= 0.6 is 0 Å². The topological polar surface area (TPSA) is 93.2 Å². The Morgan fingerprint density at radius 1 is 1.09 bits per heavy atom. The van der Waals surface area contributed by atoms with Crippen LogP contribution in [0.1, 0.15) is 49.0 Å². The van der Waals surface area contributed by atoms with Gasteiger partial charge in [0, 0.05) is 24.8 Å². The molecule has 2 aliphatic rings. The van der Waals surface area contributed by atoms with Gasteiger partial charge in [0.15, 0.2) is 6.10 Å². The number of rotatable bonds is 6. The van der Waals surface area contributed by atoms with Crippen molar-refractivity contribution >= 4 is 27.6 Å². The maximum Gasteiger partial charge on any atom is 0.338 e. The Bertz CT molecular complexity index is 1200. The van der Waals surface area contributed by atoms with Gasteiger partial charge in [-0.15, -0.1) is 0 Å². The predicted molar refractivity (Wildman–Crippen MR) is 128 cm³/mol. The summed E-state index contributed by atoms with van der Waals surface area (Å²) in [5.41, 5.74) is 1.95. The molecule has 0 aromatic heterocycles. The van der Waals surface area contributed by atoms with E-state index in [2.05, 4.69) is 0 Å². The van der Waals surface area contributed by atoms with Gasteiger partial charge in [-0.25, -0.2) is 13.2 Å². The second-order valence-corrected chi connectivity index (χ2v) is 10.6. The lowest BCUT2D eigenvalue weighted by atomic mass is 10.1. The van der Waals surface area contributed by atoms with Gasteiger partial charge < -0.3 is 14.4 Å². The van der Waals surface area contributed by atoms with Gasteiger partial charge >= 0.3 is 5.97 Å². The molecule has 8 nitrogen and oxygen atoms in total. The number of carbonyl (C=O) groups excluding carboxylic acids is 2. The first-order valence-corrected chi connectivity index (χ1v) is 13.0. The van der Waals surface area contributed by atoms with E-state index in [4.69, 9.17) is 9.47 Å². The second kappa shape index (κ2) is 9.76. The van der Waals surface area contributed by atoms with Gasteiger partial charge in [0.1, 0.15) is 10.6 Å². The average molecular weight is 487 g/mol. The Morgan fingerprint density at radius 3 is 2.59 bits per heavy atom. The van der Waals surface area contributed by atoms with E-state index >= 15 is 0 Å². The van der Waals surface area contributed by atoms with Crippen LogP contribution in [-0.2, 0) is 26.0 Å². The van der Waals surface area contributed by atoms with Gasteiger partial charge in [-0.1, -0.05) is 24.6 Å². The highest BCUT2D eigenvalue weighted by Crippen LogP contribution is 2.32. The summed E-state index contributed by atoms with van der Waals surface area (Å²) in [5.74, 6) is -0.923. The van der Waals surface area contributed by atoms with E-state index in [9.17, 15) is 18.0 Å². The van der Waals surface area contributed by atoms with Gasteiger partial charge in [0.25, 0.3) is 5.91 Å². The number of para-hydroxylation sites is 1. The number of methoxy groups -OCH3 is 1. The van der Waals surface area contributed by atoms with Crippen LogP contribution in [0.25, 0.3) is 0 Å². The zero-order chi connectivity index (χ0) is 24.5. The van der Waals surface area contributed by atoms with Crippen molar-refractivity contribution in [1.82, 2.24) is 4.31 Å². The van der Waals surface area contributed by atoms with Crippen LogP contribution in [0.15, 0.2) is 47.4 Å². The number of ether oxygens (including phenoxy) is 2. The zero-order valence-corrected chi connectivity index (χ0v) is 20.5. The van der Waals surface area contributed by atoms with E-state index in [0.29, 0.717) is 13.1 Å². The predicted octanol–water partition coefficient (Wildman–Crippen LogP) is 3.39. The maximum absolute atomic E-state index is 13.4. The number of piperidine rings is 1. The van der Waals surface area contributed by atoms with Crippen LogP contribution < -0.4 is 9.64 Å². The number of hydrogen-bond acceptors (Lipinski definition) is 6. The maximum atomic E-state index is 13.4. The molecule has 1 amide bonds. The Kier molecular flexibility index (Phi) is 6.95. The largest absolute Gasteiger partial charge is 0.495 e. The lowest BCUT2D eigenvalue weighted by Gasteiger charge is -2.32. The fraction of sp³-hybridized carbons (Fsp3) is 0.440. The molecule has 2 aromatic carbocycles. The minimum absolute atomic E-state index is 0.0468. The van der Waals surface area contributed by atoms with Gasteiger partial charge in [-0.2, -0.15) is 4.31 Å². The number of amides is 1. The first-order chi connectivity index (χ1) is 16.2. The Labute approximate surface area is 200 Å². The molecule has 0 spiro atoms. The quantitative estimate of drug-likeness (QED) is 0.581. The van der Waals surface area contributed by atoms with Crippen molar-refractivity contribution in [2.75, 3.05) is 25.1 Å². The van der Waals surface area contributed by atoms with Crippen LogP contribution in [0.3, 0.4) is 0 Å². The van der Waals surface area contributed by atoms with Crippen molar-refractivity contribution in [3.05, 3.63) is 53.6 Å². The number of esters is 1. The summed E-state index contributed by atoms with van der Waals surface area (Å²) in [4.78, 5) is 27.4. The van der Waals surface area contributed by atoms with E-state index in [1.807, 2.05) is 31.2 Å². The van der Waals surface area contributed by atoms with Crippen LogP contribution in [0.2, 0.25) is 0 Å². The van der Waals surface area contributed by atoms with Crippen molar-refractivity contribution in [2.24, 2.45) is 0 Å². The molecule has 1 saturated heterocycles. The summed E-state index contributed by atoms with van der Waals surface area (Å²) in [7, 11) is -2.49. The summed E-state index contributed by atoms with van der Waals surface area (Å²) < 4.78 is 39.0. The highest BCUT2D eigenvalue weighted by molar-refractivity contribution is 7.89. The number of carbonyl (C=O) groups is 2. The van der Waals surface area contributed by atoms with E-state index in [1.165, 1.54) is 36.5 Å².